The van der Waals surface area contributed by atoms with Crippen LogP contribution >= 0.6 is 23.2 Å². The zero-order chi connectivity index (χ0) is 22.3. The van der Waals surface area contributed by atoms with Crippen LogP contribution in [0.4, 0.5) is 5.69 Å². The fraction of sp³-hybridized carbons (Fsp3) is 0.381. The maximum atomic E-state index is 13.3. The Bertz CT molecular complexity index is 983. The van der Waals surface area contributed by atoms with Gasteiger partial charge in [-0.3, -0.25) is 14.0 Å². The van der Waals surface area contributed by atoms with Crippen LogP contribution < -0.4 is 9.62 Å². The molecule has 1 N–H and O–H groups in total. The summed E-state index contributed by atoms with van der Waals surface area (Å²) >= 11 is 12.2. The first-order valence-electron chi connectivity index (χ1n) is 9.97. The average Bonchev–Trinajstić information content (AvgIpc) is 2.77. The molecule has 1 amide bonds. The summed E-state index contributed by atoms with van der Waals surface area (Å²) in [6.07, 6.45) is 0.763. The minimum atomic E-state index is -4.01. The number of carbonyl (C=O) groups excluding carboxylic acids is 1. The largest absolute Gasteiger partial charge is 0.379 e. The molecule has 1 aliphatic heterocycles. The third-order valence-electron chi connectivity index (χ3n) is 4.87. The summed E-state index contributed by atoms with van der Waals surface area (Å²) in [7, 11) is -4.01. The summed E-state index contributed by atoms with van der Waals surface area (Å²) in [4.78, 5) is 15.0. The number of hydrogen-bond acceptors (Lipinski definition) is 5. The SMILES string of the molecule is O=C(CN(c1ccc(Cl)cc1Cl)S(=O)(=O)c1ccccc1)NCCCN1CCOCC1. The Morgan fingerprint density at radius 1 is 1.10 bits per heavy atom. The second-order valence-corrected chi connectivity index (χ2v) is 9.78. The zero-order valence-corrected chi connectivity index (χ0v) is 19.3. The molecule has 0 radical (unpaired) electrons. The van der Waals surface area contributed by atoms with Crippen LogP contribution in [-0.4, -0.2) is 65.2 Å². The number of sulfonamides is 1. The molecule has 1 heterocycles. The van der Waals surface area contributed by atoms with Crippen LogP contribution in [0, 0.1) is 0 Å². The molecule has 3 rings (SSSR count). The van der Waals surface area contributed by atoms with Crippen LogP contribution in [0.15, 0.2) is 53.4 Å². The molecule has 7 nitrogen and oxygen atoms in total. The van der Waals surface area contributed by atoms with Crippen LogP contribution in [-0.2, 0) is 19.6 Å². The maximum absolute atomic E-state index is 13.3. The number of rotatable bonds is 9. The van der Waals surface area contributed by atoms with Crippen molar-refractivity contribution in [3.05, 3.63) is 58.6 Å². The molecule has 168 valence electrons. The van der Waals surface area contributed by atoms with Crippen molar-refractivity contribution < 1.29 is 17.9 Å². The molecule has 0 saturated carbocycles. The lowest BCUT2D eigenvalue weighted by atomic mass is 10.3. The van der Waals surface area contributed by atoms with E-state index >= 15 is 0 Å². The molecule has 1 fully saturated rings. The number of nitrogens with one attached hydrogen (secondary N) is 1. The Hall–Kier alpha value is -1.84. The van der Waals surface area contributed by atoms with Crippen LogP contribution in [0.2, 0.25) is 10.0 Å². The number of morpholine rings is 1. The normalized spacial score (nSPS) is 14.9. The first-order chi connectivity index (χ1) is 14.9. The number of anilines is 1. The first kappa shape index (κ1) is 23.8. The summed E-state index contributed by atoms with van der Waals surface area (Å²) < 4.78 is 32.9. The predicted octanol–water partition coefficient (Wildman–Crippen LogP) is 3.03. The summed E-state index contributed by atoms with van der Waals surface area (Å²) in [5.74, 6) is -0.410. The number of ether oxygens (including phenoxy) is 1. The maximum Gasteiger partial charge on any atom is 0.264 e. The zero-order valence-electron chi connectivity index (χ0n) is 17.0. The molecule has 0 bridgehead atoms. The minimum absolute atomic E-state index is 0.0705. The molecule has 0 atom stereocenters. The fourth-order valence-electron chi connectivity index (χ4n) is 3.24. The monoisotopic (exact) mass is 485 g/mol. The van der Waals surface area contributed by atoms with Gasteiger partial charge in [-0.1, -0.05) is 41.4 Å². The number of hydrogen-bond donors (Lipinski definition) is 1. The molecule has 0 spiro atoms. The number of amides is 1. The van der Waals surface area contributed by atoms with E-state index in [-0.39, 0.29) is 15.6 Å². The Morgan fingerprint density at radius 2 is 1.81 bits per heavy atom. The second kappa shape index (κ2) is 11.2. The van der Waals surface area contributed by atoms with Crippen molar-refractivity contribution in [2.45, 2.75) is 11.3 Å². The van der Waals surface area contributed by atoms with Crippen molar-refractivity contribution in [3.8, 4) is 0 Å². The number of halogens is 2. The van der Waals surface area contributed by atoms with E-state index in [4.69, 9.17) is 27.9 Å². The number of benzene rings is 2. The van der Waals surface area contributed by atoms with Crippen molar-refractivity contribution in [2.24, 2.45) is 0 Å². The van der Waals surface area contributed by atoms with Crippen LogP contribution in [0.5, 0.6) is 0 Å². The van der Waals surface area contributed by atoms with Gasteiger partial charge in [-0.15, -0.1) is 0 Å². The highest BCUT2D eigenvalue weighted by Gasteiger charge is 2.28. The van der Waals surface area contributed by atoms with Gasteiger partial charge in [0.1, 0.15) is 6.54 Å². The first-order valence-corrected chi connectivity index (χ1v) is 12.2. The Balaban J connectivity index is 1.70. The van der Waals surface area contributed by atoms with Gasteiger partial charge in [0.25, 0.3) is 10.0 Å². The van der Waals surface area contributed by atoms with E-state index in [0.29, 0.717) is 11.6 Å². The average molecular weight is 486 g/mol. The van der Waals surface area contributed by atoms with Gasteiger partial charge in [0, 0.05) is 24.7 Å². The summed E-state index contributed by atoms with van der Waals surface area (Å²) in [5.41, 5.74) is 0.193. The van der Waals surface area contributed by atoms with E-state index in [1.165, 1.54) is 30.3 Å². The van der Waals surface area contributed by atoms with Gasteiger partial charge >= 0.3 is 0 Å². The molecular formula is C21H25Cl2N3O4S. The Labute approximate surface area is 192 Å². The highest BCUT2D eigenvalue weighted by Crippen LogP contribution is 2.32. The fourth-order valence-corrected chi connectivity index (χ4v) is 5.27. The van der Waals surface area contributed by atoms with E-state index in [1.807, 2.05) is 0 Å². The van der Waals surface area contributed by atoms with E-state index in [1.54, 1.807) is 18.2 Å². The summed E-state index contributed by atoms with van der Waals surface area (Å²) in [6, 6.07) is 12.4. The Kier molecular flexibility index (Phi) is 8.57. The molecule has 1 aliphatic rings. The van der Waals surface area contributed by atoms with Crippen LogP contribution in [0.3, 0.4) is 0 Å². The number of nitrogens with zero attached hydrogens (tertiary/aromatic N) is 2. The van der Waals surface area contributed by atoms with Crippen molar-refractivity contribution in [1.82, 2.24) is 10.2 Å². The van der Waals surface area contributed by atoms with Crippen molar-refractivity contribution in [3.63, 3.8) is 0 Å². The van der Waals surface area contributed by atoms with Gasteiger partial charge in [-0.05, 0) is 43.3 Å². The third kappa shape index (κ3) is 6.57. The third-order valence-corrected chi connectivity index (χ3v) is 7.19. The standard InChI is InChI=1S/C21H25Cl2N3O4S/c22-17-7-8-20(19(23)15-17)26(31(28,29)18-5-2-1-3-6-18)16-21(27)24-9-4-10-25-11-13-30-14-12-25/h1-3,5-8,15H,4,9-14,16H2,(H,24,27). The summed E-state index contributed by atoms with van der Waals surface area (Å²) in [5, 5.41) is 3.32. The Morgan fingerprint density at radius 3 is 2.48 bits per heavy atom. The topological polar surface area (TPSA) is 79.0 Å². The predicted molar refractivity (Wildman–Crippen MR) is 122 cm³/mol. The van der Waals surface area contributed by atoms with Crippen molar-refractivity contribution in [2.75, 3.05) is 50.2 Å². The van der Waals surface area contributed by atoms with Gasteiger partial charge in [0.2, 0.25) is 5.91 Å². The lowest BCUT2D eigenvalue weighted by molar-refractivity contribution is -0.119. The molecular weight excluding hydrogens is 461 g/mol. The smallest absolute Gasteiger partial charge is 0.264 e. The molecule has 31 heavy (non-hydrogen) atoms. The van der Waals surface area contributed by atoms with E-state index in [2.05, 4.69) is 10.2 Å². The molecule has 10 heteroatoms. The van der Waals surface area contributed by atoms with E-state index in [0.717, 1.165) is 43.6 Å². The van der Waals surface area contributed by atoms with E-state index in [9.17, 15) is 13.2 Å². The lowest BCUT2D eigenvalue weighted by Gasteiger charge is -2.27. The van der Waals surface area contributed by atoms with Gasteiger partial charge in [-0.2, -0.15) is 0 Å². The van der Waals surface area contributed by atoms with Gasteiger partial charge in [-0.25, -0.2) is 8.42 Å². The van der Waals surface area contributed by atoms with Crippen molar-refractivity contribution >= 4 is 44.8 Å². The molecule has 2 aromatic rings. The minimum Gasteiger partial charge on any atom is -0.379 e. The van der Waals surface area contributed by atoms with E-state index < -0.39 is 22.5 Å². The second-order valence-electron chi connectivity index (χ2n) is 7.08. The quantitative estimate of drug-likeness (QED) is 0.552. The number of carbonyl (C=O) groups is 1. The molecule has 0 unspecified atom stereocenters. The highest BCUT2D eigenvalue weighted by molar-refractivity contribution is 7.92. The van der Waals surface area contributed by atoms with Gasteiger partial charge in [0.05, 0.1) is 28.8 Å². The summed E-state index contributed by atoms with van der Waals surface area (Å²) in [6.45, 7) is 4.11. The van der Waals surface area contributed by atoms with Gasteiger partial charge < -0.3 is 10.1 Å². The van der Waals surface area contributed by atoms with Gasteiger partial charge in [0.15, 0.2) is 0 Å². The molecule has 0 aliphatic carbocycles. The highest BCUT2D eigenvalue weighted by atomic mass is 35.5. The molecule has 2 aromatic carbocycles. The van der Waals surface area contributed by atoms with Crippen LogP contribution in [0.1, 0.15) is 6.42 Å². The molecule has 0 aromatic heterocycles. The van der Waals surface area contributed by atoms with Crippen LogP contribution in [0.25, 0.3) is 0 Å². The van der Waals surface area contributed by atoms with Crippen molar-refractivity contribution in [1.29, 1.82) is 0 Å². The lowest BCUT2D eigenvalue weighted by Crippen LogP contribution is -2.42. The molecule has 1 saturated heterocycles.